The fourth-order valence-corrected chi connectivity index (χ4v) is 2.56. The third-order valence-electron chi connectivity index (χ3n) is 3.44. The van der Waals surface area contributed by atoms with E-state index in [4.69, 9.17) is 9.47 Å². The summed E-state index contributed by atoms with van der Waals surface area (Å²) >= 11 is 0. The molecular formula is C16H19NO4. The Morgan fingerprint density at radius 2 is 2.00 bits per heavy atom. The monoisotopic (exact) mass is 289 g/mol. The average Bonchev–Trinajstić information content (AvgIpc) is 2.48. The second-order valence-corrected chi connectivity index (χ2v) is 4.77. The highest BCUT2D eigenvalue weighted by atomic mass is 16.5. The summed E-state index contributed by atoms with van der Waals surface area (Å²) in [5.41, 5.74) is 0.890. The molecule has 21 heavy (non-hydrogen) atoms. The van der Waals surface area contributed by atoms with Crippen LogP contribution in [0.15, 0.2) is 36.4 Å². The summed E-state index contributed by atoms with van der Waals surface area (Å²) in [6.07, 6.45) is 5.23. The highest BCUT2D eigenvalue weighted by Crippen LogP contribution is 2.36. The number of rotatable bonds is 5. The molecule has 0 bridgehead atoms. The Labute approximate surface area is 124 Å². The molecule has 2 atom stereocenters. The molecule has 0 radical (unpaired) electrons. The number of hydrogen-bond acceptors (Lipinski definition) is 5. The zero-order valence-corrected chi connectivity index (χ0v) is 12.2. The van der Waals surface area contributed by atoms with Gasteiger partial charge in [0.05, 0.1) is 13.2 Å². The quantitative estimate of drug-likeness (QED) is 0.614. The molecule has 5 nitrogen and oxygen atoms in total. The zero-order chi connectivity index (χ0) is 15.2. The fourth-order valence-electron chi connectivity index (χ4n) is 2.56. The van der Waals surface area contributed by atoms with E-state index >= 15 is 0 Å². The summed E-state index contributed by atoms with van der Waals surface area (Å²) in [7, 11) is 0. The molecule has 0 spiro atoms. The summed E-state index contributed by atoms with van der Waals surface area (Å²) < 4.78 is 10.5. The predicted molar refractivity (Wildman–Crippen MR) is 76.4 cm³/mol. The van der Waals surface area contributed by atoms with Gasteiger partial charge in [-0.3, -0.25) is 14.6 Å². The van der Waals surface area contributed by atoms with Gasteiger partial charge in [0.25, 0.3) is 0 Å². The molecule has 1 aromatic heterocycles. The molecule has 112 valence electrons. The number of nitrogens with zero attached hydrogens (tertiary/aromatic N) is 1. The van der Waals surface area contributed by atoms with E-state index < -0.39 is 11.9 Å². The average molecular weight is 289 g/mol. The summed E-state index contributed by atoms with van der Waals surface area (Å²) in [4.78, 5) is 28.4. The lowest BCUT2D eigenvalue weighted by Crippen LogP contribution is -2.34. The van der Waals surface area contributed by atoms with E-state index in [1.165, 1.54) is 6.08 Å². The van der Waals surface area contributed by atoms with Crippen molar-refractivity contribution in [2.24, 2.45) is 5.92 Å². The molecule has 0 saturated carbocycles. The second kappa shape index (κ2) is 7.02. The van der Waals surface area contributed by atoms with Gasteiger partial charge in [-0.2, -0.15) is 0 Å². The van der Waals surface area contributed by atoms with Crippen LogP contribution in [0.5, 0.6) is 0 Å². The first-order chi connectivity index (χ1) is 10.2. The Morgan fingerprint density at radius 1 is 1.29 bits per heavy atom. The number of carbonyl (C=O) groups excluding carboxylic acids is 2. The fraction of sp³-hybridized carbons (Fsp3) is 0.438. The van der Waals surface area contributed by atoms with Crippen molar-refractivity contribution in [3.63, 3.8) is 0 Å². The second-order valence-electron chi connectivity index (χ2n) is 4.77. The van der Waals surface area contributed by atoms with Crippen LogP contribution in [0.4, 0.5) is 0 Å². The molecule has 0 amide bonds. The van der Waals surface area contributed by atoms with Crippen molar-refractivity contribution in [1.82, 2.24) is 4.98 Å². The van der Waals surface area contributed by atoms with Gasteiger partial charge in [-0.15, -0.1) is 0 Å². The lowest BCUT2D eigenvalue weighted by molar-refractivity contribution is -0.152. The van der Waals surface area contributed by atoms with Crippen molar-refractivity contribution in [3.8, 4) is 0 Å². The molecule has 1 aromatic rings. The molecule has 1 heterocycles. The van der Waals surface area contributed by atoms with Crippen LogP contribution in [0.3, 0.4) is 0 Å². The lowest BCUT2D eigenvalue weighted by atomic mass is 9.77. The number of aromatic nitrogens is 1. The molecular weight excluding hydrogens is 270 g/mol. The minimum absolute atomic E-state index is 0.258. The van der Waals surface area contributed by atoms with E-state index in [-0.39, 0.29) is 18.3 Å². The summed E-state index contributed by atoms with van der Waals surface area (Å²) in [6, 6.07) is 3.64. The van der Waals surface area contributed by atoms with Gasteiger partial charge < -0.3 is 9.47 Å². The third-order valence-corrected chi connectivity index (χ3v) is 3.44. The molecule has 1 aliphatic rings. The SMILES string of the molecule is CCOC(=O)C1C(=O)C=C(OCC)CC1c1ccncc1. The molecule has 0 saturated heterocycles. The Balaban J connectivity index is 2.34. The van der Waals surface area contributed by atoms with Crippen LogP contribution in [0.2, 0.25) is 0 Å². The number of hydrogen-bond donors (Lipinski definition) is 0. The Bertz CT molecular complexity index is 538. The normalized spacial score (nSPS) is 21.6. The number of ether oxygens (including phenoxy) is 2. The Kier molecular flexibility index (Phi) is 5.09. The van der Waals surface area contributed by atoms with E-state index in [0.29, 0.717) is 18.8 Å². The van der Waals surface area contributed by atoms with E-state index in [1.54, 1.807) is 19.3 Å². The van der Waals surface area contributed by atoms with Crippen LogP contribution in [-0.4, -0.2) is 30.0 Å². The van der Waals surface area contributed by atoms with Crippen molar-refractivity contribution in [3.05, 3.63) is 41.9 Å². The minimum Gasteiger partial charge on any atom is -0.498 e. The highest BCUT2D eigenvalue weighted by Gasteiger charge is 2.40. The first-order valence-corrected chi connectivity index (χ1v) is 7.11. The lowest BCUT2D eigenvalue weighted by Gasteiger charge is -2.28. The van der Waals surface area contributed by atoms with Crippen LogP contribution in [-0.2, 0) is 19.1 Å². The van der Waals surface area contributed by atoms with Crippen molar-refractivity contribution >= 4 is 11.8 Å². The number of ketones is 1. The van der Waals surface area contributed by atoms with Gasteiger partial charge in [-0.25, -0.2) is 0 Å². The van der Waals surface area contributed by atoms with Gasteiger partial charge in [0, 0.05) is 30.8 Å². The number of carbonyl (C=O) groups is 2. The van der Waals surface area contributed by atoms with Crippen molar-refractivity contribution in [1.29, 1.82) is 0 Å². The van der Waals surface area contributed by atoms with Gasteiger partial charge in [0.15, 0.2) is 5.78 Å². The molecule has 0 N–H and O–H groups in total. The molecule has 0 fully saturated rings. The van der Waals surface area contributed by atoms with E-state index in [2.05, 4.69) is 4.98 Å². The topological polar surface area (TPSA) is 65.5 Å². The van der Waals surface area contributed by atoms with Gasteiger partial charge in [-0.1, -0.05) is 0 Å². The smallest absolute Gasteiger partial charge is 0.317 e. The highest BCUT2D eigenvalue weighted by molar-refractivity contribution is 6.06. The molecule has 0 aromatic carbocycles. The Hall–Kier alpha value is -2.17. The maximum absolute atomic E-state index is 12.3. The zero-order valence-electron chi connectivity index (χ0n) is 12.2. The number of pyridine rings is 1. The summed E-state index contributed by atoms with van der Waals surface area (Å²) in [6.45, 7) is 4.35. The van der Waals surface area contributed by atoms with Gasteiger partial charge in [0.2, 0.25) is 0 Å². The largest absolute Gasteiger partial charge is 0.498 e. The summed E-state index contributed by atoms with van der Waals surface area (Å²) in [5, 5.41) is 0. The van der Waals surface area contributed by atoms with Crippen LogP contribution in [0, 0.1) is 5.92 Å². The molecule has 1 aliphatic carbocycles. The summed E-state index contributed by atoms with van der Waals surface area (Å²) in [5.74, 6) is -1.20. The molecule has 2 unspecified atom stereocenters. The molecule has 0 aliphatic heterocycles. The van der Waals surface area contributed by atoms with Crippen LogP contribution >= 0.6 is 0 Å². The number of esters is 1. The third kappa shape index (κ3) is 3.48. The van der Waals surface area contributed by atoms with Gasteiger partial charge in [-0.05, 0) is 31.5 Å². The van der Waals surface area contributed by atoms with E-state index in [0.717, 1.165) is 5.56 Å². The number of allylic oxidation sites excluding steroid dienone is 2. The van der Waals surface area contributed by atoms with Crippen LogP contribution < -0.4 is 0 Å². The van der Waals surface area contributed by atoms with E-state index in [1.807, 2.05) is 19.1 Å². The van der Waals surface area contributed by atoms with Crippen molar-refractivity contribution < 1.29 is 19.1 Å². The first-order valence-electron chi connectivity index (χ1n) is 7.11. The van der Waals surface area contributed by atoms with Crippen molar-refractivity contribution in [2.75, 3.05) is 13.2 Å². The van der Waals surface area contributed by atoms with Crippen LogP contribution in [0.25, 0.3) is 0 Å². The maximum atomic E-state index is 12.3. The standard InChI is InChI=1S/C16H19NO4/c1-3-20-12-9-13(11-5-7-17-8-6-11)15(14(18)10-12)16(19)21-4-2/h5-8,10,13,15H,3-4,9H2,1-2H3. The van der Waals surface area contributed by atoms with E-state index in [9.17, 15) is 9.59 Å². The predicted octanol–water partition coefficient (Wildman–Crippen LogP) is 2.24. The maximum Gasteiger partial charge on any atom is 0.317 e. The molecule has 2 rings (SSSR count). The van der Waals surface area contributed by atoms with Gasteiger partial charge in [0.1, 0.15) is 11.7 Å². The Morgan fingerprint density at radius 3 is 2.62 bits per heavy atom. The first kappa shape index (κ1) is 15.2. The van der Waals surface area contributed by atoms with Gasteiger partial charge >= 0.3 is 5.97 Å². The minimum atomic E-state index is -0.809. The van der Waals surface area contributed by atoms with Crippen LogP contribution in [0.1, 0.15) is 31.7 Å². The molecule has 5 heteroatoms. The van der Waals surface area contributed by atoms with Crippen molar-refractivity contribution in [2.45, 2.75) is 26.2 Å².